The van der Waals surface area contributed by atoms with Crippen LogP contribution in [0, 0.1) is 0 Å². The van der Waals surface area contributed by atoms with Crippen LogP contribution in [0.5, 0.6) is 0 Å². The van der Waals surface area contributed by atoms with E-state index >= 15 is 0 Å². The van der Waals surface area contributed by atoms with Crippen molar-refractivity contribution in [3.8, 4) is 0 Å². The number of nitrogens with one attached hydrogen (secondary N) is 1. The van der Waals surface area contributed by atoms with E-state index in [2.05, 4.69) is 27.5 Å². The highest BCUT2D eigenvalue weighted by molar-refractivity contribution is 5.03. The molecule has 0 bridgehead atoms. The van der Waals surface area contributed by atoms with Crippen LogP contribution in [0.4, 0.5) is 0 Å². The summed E-state index contributed by atoms with van der Waals surface area (Å²) in [5.74, 6) is 0.931. The zero-order chi connectivity index (χ0) is 12.8. The van der Waals surface area contributed by atoms with Gasteiger partial charge in [-0.1, -0.05) is 0 Å². The molecule has 0 fully saturated rings. The van der Waals surface area contributed by atoms with Crippen LogP contribution in [0.25, 0.3) is 0 Å². The molecule has 0 saturated carbocycles. The molecule has 0 amide bonds. The van der Waals surface area contributed by atoms with Gasteiger partial charge < -0.3 is 15.0 Å². The third-order valence-electron chi connectivity index (χ3n) is 2.66. The summed E-state index contributed by atoms with van der Waals surface area (Å²) in [6.07, 6.45) is 5.46. The smallest absolute Gasteiger partial charge is 0.146 e. The second-order valence-electron chi connectivity index (χ2n) is 3.97. The molecule has 2 heterocycles. The van der Waals surface area contributed by atoms with E-state index in [4.69, 9.17) is 5.11 Å². The van der Waals surface area contributed by atoms with Crippen molar-refractivity contribution in [3.05, 3.63) is 30.1 Å². The van der Waals surface area contributed by atoms with E-state index in [1.807, 2.05) is 10.8 Å². The van der Waals surface area contributed by atoms with E-state index in [-0.39, 0.29) is 6.61 Å². The molecular formula is C11H18N6O. The zero-order valence-electron chi connectivity index (χ0n) is 10.5. The predicted octanol–water partition coefficient (Wildman–Crippen LogP) is -0.223. The fourth-order valence-corrected chi connectivity index (χ4v) is 1.72. The molecular weight excluding hydrogens is 232 g/mol. The third-order valence-corrected chi connectivity index (χ3v) is 2.66. The molecule has 2 rings (SSSR count). The Morgan fingerprint density at radius 3 is 3.06 bits per heavy atom. The van der Waals surface area contributed by atoms with E-state index < -0.39 is 0 Å². The topological polar surface area (TPSA) is 80.8 Å². The average molecular weight is 250 g/mol. The Labute approximate surface area is 105 Å². The van der Waals surface area contributed by atoms with Crippen LogP contribution >= 0.6 is 0 Å². The molecule has 0 radical (unpaired) electrons. The number of hydrogen-bond donors (Lipinski definition) is 2. The Kier molecular flexibility index (Phi) is 4.43. The van der Waals surface area contributed by atoms with Crippen LogP contribution in [0.3, 0.4) is 0 Å². The number of aryl methyl sites for hydroxylation is 1. The third kappa shape index (κ3) is 3.14. The lowest BCUT2D eigenvalue weighted by atomic mass is 10.3. The normalized spacial score (nSPS) is 11.0. The van der Waals surface area contributed by atoms with E-state index in [1.54, 1.807) is 17.2 Å². The Morgan fingerprint density at radius 2 is 2.28 bits per heavy atom. The molecule has 2 aromatic heterocycles. The molecule has 2 N–H and O–H groups in total. The van der Waals surface area contributed by atoms with Gasteiger partial charge in [-0.05, 0) is 6.92 Å². The van der Waals surface area contributed by atoms with Crippen LogP contribution in [-0.4, -0.2) is 36.3 Å². The van der Waals surface area contributed by atoms with E-state index in [1.165, 1.54) is 0 Å². The second-order valence-corrected chi connectivity index (χ2v) is 3.97. The SMILES string of the molecule is CCn1cnnc1CNCc1cnn(CCO)c1. The summed E-state index contributed by atoms with van der Waals surface area (Å²) in [6.45, 7) is 4.98. The Morgan fingerprint density at radius 1 is 1.39 bits per heavy atom. The lowest BCUT2D eigenvalue weighted by Crippen LogP contribution is -2.16. The summed E-state index contributed by atoms with van der Waals surface area (Å²) < 4.78 is 3.73. The molecule has 7 heteroatoms. The molecule has 0 aliphatic carbocycles. The van der Waals surface area contributed by atoms with Crippen LogP contribution in [0.2, 0.25) is 0 Å². The van der Waals surface area contributed by atoms with Gasteiger partial charge in [0.1, 0.15) is 12.2 Å². The van der Waals surface area contributed by atoms with Crippen LogP contribution in [0.15, 0.2) is 18.7 Å². The Balaban J connectivity index is 1.81. The first-order chi connectivity index (χ1) is 8.83. The lowest BCUT2D eigenvalue weighted by molar-refractivity contribution is 0.269. The van der Waals surface area contributed by atoms with Gasteiger partial charge in [-0.15, -0.1) is 10.2 Å². The van der Waals surface area contributed by atoms with E-state index in [9.17, 15) is 0 Å². The Bertz CT molecular complexity index is 477. The number of aliphatic hydroxyl groups excluding tert-OH is 1. The van der Waals surface area contributed by atoms with Gasteiger partial charge in [0.25, 0.3) is 0 Å². The number of rotatable bonds is 7. The van der Waals surface area contributed by atoms with Crippen molar-refractivity contribution >= 4 is 0 Å². The van der Waals surface area contributed by atoms with Crippen molar-refractivity contribution in [2.24, 2.45) is 0 Å². The minimum absolute atomic E-state index is 0.105. The maximum Gasteiger partial charge on any atom is 0.146 e. The largest absolute Gasteiger partial charge is 0.394 e. The molecule has 98 valence electrons. The summed E-state index contributed by atoms with van der Waals surface area (Å²) in [6, 6.07) is 0. The monoisotopic (exact) mass is 250 g/mol. The van der Waals surface area contributed by atoms with Crippen LogP contribution < -0.4 is 5.32 Å². The predicted molar refractivity (Wildman–Crippen MR) is 65.6 cm³/mol. The first-order valence-electron chi connectivity index (χ1n) is 6.03. The standard InChI is InChI=1S/C11H18N6O/c1-2-16-9-13-15-11(16)7-12-5-10-6-14-17(8-10)3-4-18/h6,8-9,12,18H,2-5,7H2,1H3. The van der Waals surface area contributed by atoms with Crippen molar-refractivity contribution in [3.63, 3.8) is 0 Å². The van der Waals surface area contributed by atoms with E-state index in [0.717, 1.165) is 24.5 Å². The van der Waals surface area contributed by atoms with Gasteiger partial charge in [0.15, 0.2) is 0 Å². The summed E-state index contributed by atoms with van der Waals surface area (Å²) in [5.41, 5.74) is 1.09. The minimum Gasteiger partial charge on any atom is -0.394 e. The molecule has 0 unspecified atom stereocenters. The lowest BCUT2D eigenvalue weighted by Gasteiger charge is -2.04. The molecule has 0 saturated heterocycles. The van der Waals surface area contributed by atoms with Crippen LogP contribution in [0.1, 0.15) is 18.3 Å². The molecule has 0 spiro atoms. The first-order valence-corrected chi connectivity index (χ1v) is 6.03. The maximum absolute atomic E-state index is 8.79. The number of nitrogens with zero attached hydrogens (tertiary/aromatic N) is 5. The van der Waals surface area contributed by atoms with Crippen molar-refractivity contribution in [2.75, 3.05) is 6.61 Å². The van der Waals surface area contributed by atoms with Gasteiger partial charge in [0.2, 0.25) is 0 Å². The van der Waals surface area contributed by atoms with Crippen molar-refractivity contribution in [2.45, 2.75) is 33.1 Å². The molecule has 0 aliphatic rings. The molecule has 0 aliphatic heterocycles. The van der Waals surface area contributed by atoms with Crippen molar-refractivity contribution in [1.82, 2.24) is 29.9 Å². The zero-order valence-corrected chi connectivity index (χ0v) is 10.5. The summed E-state index contributed by atoms with van der Waals surface area (Å²) in [5, 5.41) is 24.2. The Hall–Kier alpha value is -1.73. The highest BCUT2D eigenvalue weighted by Crippen LogP contribution is 1.99. The maximum atomic E-state index is 8.79. The van der Waals surface area contributed by atoms with Crippen LogP contribution in [-0.2, 0) is 26.2 Å². The highest BCUT2D eigenvalue weighted by Gasteiger charge is 2.02. The number of aromatic nitrogens is 5. The summed E-state index contributed by atoms with van der Waals surface area (Å²) in [7, 11) is 0. The number of hydrogen-bond acceptors (Lipinski definition) is 5. The average Bonchev–Trinajstić information content (AvgIpc) is 2.99. The van der Waals surface area contributed by atoms with Gasteiger partial charge in [-0.2, -0.15) is 5.10 Å². The van der Waals surface area contributed by atoms with Gasteiger partial charge in [-0.25, -0.2) is 0 Å². The van der Waals surface area contributed by atoms with E-state index in [0.29, 0.717) is 13.1 Å². The fraction of sp³-hybridized carbons (Fsp3) is 0.545. The van der Waals surface area contributed by atoms with Crippen molar-refractivity contribution < 1.29 is 5.11 Å². The van der Waals surface area contributed by atoms with Gasteiger partial charge in [0.05, 0.1) is 25.9 Å². The fourth-order valence-electron chi connectivity index (χ4n) is 1.72. The summed E-state index contributed by atoms with van der Waals surface area (Å²) in [4.78, 5) is 0. The summed E-state index contributed by atoms with van der Waals surface area (Å²) >= 11 is 0. The van der Waals surface area contributed by atoms with Crippen molar-refractivity contribution in [1.29, 1.82) is 0 Å². The molecule has 2 aromatic rings. The molecule has 7 nitrogen and oxygen atoms in total. The highest BCUT2D eigenvalue weighted by atomic mass is 16.3. The molecule has 0 atom stereocenters. The minimum atomic E-state index is 0.105. The first kappa shape index (κ1) is 12.7. The van der Waals surface area contributed by atoms with Gasteiger partial charge in [0, 0.05) is 24.8 Å². The molecule has 18 heavy (non-hydrogen) atoms. The van der Waals surface area contributed by atoms with Gasteiger partial charge >= 0.3 is 0 Å². The quantitative estimate of drug-likeness (QED) is 0.710. The second kappa shape index (κ2) is 6.27. The van der Waals surface area contributed by atoms with Gasteiger partial charge in [-0.3, -0.25) is 4.68 Å². The number of aliphatic hydroxyl groups is 1. The molecule has 0 aromatic carbocycles.